The maximum absolute atomic E-state index is 12.5. The van der Waals surface area contributed by atoms with Crippen LogP contribution in [0, 0.1) is 13.8 Å². The number of nitrogens with zero attached hydrogens (tertiary/aromatic N) is 2. The van der Waals surface area contributed by atoms with Gasteiger partial charge in [-0.2, -0.15) is 5.10 Å². The Morgan fingerprint density at radius 1 is 1.11 bits per heavy atom. The van der Waals surface area contributed by atoms with Crippen LogP contribution in [0.2, 0.25) is 0 Å². The third-order valence-electron chi connectivity index (χ3n) is 5.25. The molecule has 0 bridgehead atoms. The Morgan fingerprint density at radius 3 is 2.78 bits per heavy atom. The van der Waals surface area contributed by atoms with E-state index in [2.05, 4.69) is 5.32 Å². The van der Waals surface area contributed by atoms with Gasteiger partial charge in [0.25, 0.3) is 0 Å². The highest BCUT2D eigenvalue weighted by Crippen LogP contribution is 2.43. The first kappa shape index (κ1) is 15.9. The number of hydrogen-bond donors (Lipinski definition) is 1. The minimum Gasteiger partial charge on any atom is -0.454 e. The standard InChI is InChI=1S/C21H19N3O3/c1-12-5-3-4-6-16(12)24-21-20(13(2)23-24)15(10-19(25)22-21)14-7-8-17-18(9-14)27-11-26-17/h3-9,15H,10-11H2,1-2H3,(H,22,25)/t15-/m1/s1. The van der Waals surface area contributed by atoms with E-state index in [4.69, 9.17) is 14.6 Å². The zero-order valence-electron chi connectivity index (χ0n) is 15.2. The molecule has 0 saturated heterocycles. The smallest absolute Gasteiger partial charge is 0.231 e. The van der Waals surface area contributed by atoms with Gasteiger partial charge in [-0.3, -0.25) is 4.79 Å². The van der Waals surface area contributed by atoms with Gasteiger partial charge in [0.2, 0.25) is 12.7 Å². The molecule has 0 spiro atoms. The maximum Gasteiger partial charge on any atom is 0.231 e. The summed E-state index contributed by atoms with van der Waals surface area (Å²) in [5.41, 5.74) is 5.06. The number of rotatable bonds is 2. The lowest BCUT2D eigenvalue weighted by molar-refractivity contribution is -0.116. The third kappa shape index (κ3) is 2.48. The van der Waals surface area contributed by atoms with Crippen LogP contribution in [0.15, 0.2) is 42.5 Å². The predicted molar refractivity (Wildman–Crippen MR) is 101 cm³/mol. The van der Waals surface area contributed by atoms with Crippen molar-refractivity contribution in [3.05, 3.63) is 64.8 Å². The molecule has 136 valence electrons. The fraction of sp³-hybridized carbons (Fsp3) is 0.238. The second kappa shape index (κ2) is 5.87. The molecule has 0 unspecified atom stereocenters. The van der Waals surface area contributed by atoms with E-state index in [1.54, 1.807) is 0 Å². The molecule has 1 amide bonds. The zero-order chi connectivity index (χ0) is 18.5. The van der Waals surface area contributed by atoms with Crippen molar-refractivity contribution in [1.82, 2.24) is 9.78 Å². The Morgan fingerprint density at radius 2 is 1.93 bits per heavy atom. The SMILES string of the molecule is Cc1ccccc1-n1nc(C)c2c1NC(=O)C[C@@H]2c1ccc2c(c1)OCO2. The van der Waals surface area contributed by atoms with Crippen LogP contribution in [-0.4, -0.2) is 22.5 Å². The van der Waals surface area contributed by atoms with E-state index in [0.29, 0.717) is 6.42 Å². The molecule has 3 heterocycles. The van der Waals surface area contributed by atoms with Gasteiger partial charge in [-0.15, -0.1) is 0 Å². The topological polar surface area (TPSA) is 65.4 Å². The number of carbonyl (C=O) groups is 1. The lowest BCUT2D eigenvalue weighted by Crippen LogP contribution is -2.25. The number of ether oxygens (including phenoxy) is 2. The van der Waals surface area contributed by atoms with Gasteiger partial charge in [0.05, 0.1) is 11.4 Å². The quantitative estimate of drug-likeness (QED) is 0.756. The number of amides is 1. The molecule has 1 atom stereocenters. The summed E-state index contributed by atoms with van der Waals surface area (Å²) < 4.78 is 12.8. The summed E-state index contributed by atoms with van der Waals surface area (Å²) in [6.07, 6.45) is 0.382. The van der Waals surface area contributed by atoms with Crippen molar-refractivity contribution in [2.45, 2.75) is 26.2 Å². The van der Waals surface area contributed by atoms with Crippen LogP contribution in [0.3, 0.4) is 0 Å². The highest BCUT2D eigenvalue weighted by atomic mass is 16.7. The summed E-state index contributed by atoms with van der Waals surface area (Å²) in [6, 6.07) is 13.9. The lowest BCUT2D eigenvalue weighted by Gasteiger charge is -2.24. The number of hydrogen-bond acceptors (Lipinski definition) is 4. The van der Waals surface area contributed by atoms with E-state index >= 15 is 0 Å². The van der Waals surface area contributed by atoms with Gasteiger partial charge in [-0.05, 0) is 43.2 Å². The lowest BCUT2D eigenvalue weighted by atomic mass is 9.85. The van der Waals surface area contributed by atoms with E-state index < -0.39 is 0 Å². The molecule has 1 N–H and O–H groups in total. The molecule has 6 heteroatoms. The van der Waals surface area contributed by atoms with Gasteiger partial charge < -0.3 is 14.8 Å². The van der Waals surface area contributed by atoms with Crippen LogP contribution in [0.25, 0.3) is 5.69 Å². The third-order valence-corrected chi connectivity index (χ3v) is 5.25. The first-order chi connectivity index (χ1) is 13.1. The molecule has 2 aliphatic heterocycles. The van der Waals surface area contributed by atoms with Crippen LogP contribution >= 0.6 is 0 Å². The number of aryl methyl sites for hydroxylation is 2. The summed E-state index contributed by atoms with van der Waals surface area (Å²) in [5.74, 6) is 2.14. The number of carbonyl (C=O) groups excluding carboxylic acids is 1. The summed E-state index contributed by atoms with van der Waals surface area (Å²) in [5, 5.41) is 7.78. The highest BCUT2D eigenvalue weighted by Gasteiger charge is 2.33. The normalized spacial score (nSPS) is 17.6. The number of aromatic nitrogens is 2. The Bertz CT molecular complexity index is 1070. The van der Waals surface area contributed by atoms with Crippen LogP contribution < -0.4 is 14.8 Å². The number of para-hydroxylation sites is 1. The van der Waals surface area contributed by atoms with Crippen molar-refractivity contribution in [3.63, 3.8) is 0 Å². The average Bonchev–Trinajstić information content (AvgIpc) is 3.25. The van der Waals surface area contributed by atoms with E-state index in [0.717, 1.165) is 45.4 Å². The molecule has 27 heavy (non-hydrogen) atoms. The number of nitrogens with one attached hydrogen (secondary N) is 1. The largest absolute Gasteiger partial charge is 0.454 e. The van der Waals surface area contributed by atoms with Crippen LogP contribution in [0.4, 0.5) is 5.82 Å². The fourth-order valence-electron chi connectivity index (χ4n) is 3.94. The number of fused-ring (bicyclic) bond motifs is 2. The van der Waals surface area contributed by atoms with E-state index in [-0.39, 0.29) is 18.6 Å². The van der Waals surface area contributed by atoms with Crippen molar-refractivity contribution in [1.29, 1.82) is 0 Å². The summed E-state index contributed by atoms with van der Waals surface area (Å²) in [4.78, 5) is 12.5. The average molecular weight is 361 g/mol. The summed E-state index contributed by atoms with van der Waals surface area (Å²) >= 11 is 0. The first-order valence-electron chi connectivity index (χ1n) is 8.97. The van der Waals surface area contributed by atoms with E-state index in [9.17, 15) is 4.79 Å². The van der Waals surface area contributed by atoms with Crippen molar-refractivity contribution < 1.29 is 14.3 Å². The number of benzene rings is 2. The van der Waals surface area contributed by atoms with E-state index in [1.807, 2.05) is 61.0 Å². The maximum atomic E-state index is 12.5. The monoisotopic (exact) mass is 361 g/mol. The summed E-state index contributed by atoms with van der Waals surface area (Å²) in [6.45, 7) is 4.27. The van der Waals surface area contributed by atoms with E-state index in [1.165, 1.54) is 0 Å². The van der Waals surface area contributed by atoms with Crippen molar-refractivity contribution >= 4 is 11.7 Å². The van der Waals surface area contributed by atoms with Crippen LogP contribution in [0.1, 0.15) is 34.7 Å². The molecule has 0 saturated carbocycles. The molecule has 0 radical (unpaired) electrons. The van der Waals surface area contributed by atoms with Crippen LogP contribution in [0.5, 0.6) is 11.5 Å². The van der Waals surface area contributed by atoms with Crippen molar-refractivity contribution in [2.75, 3.05) is 12.1 Å². The number of anilines is 1. The van der Waals surface area contributed by atoms with Crippen molar-refractivity contribution in [2.24, 2.45) is 0 Å². The molecule has 1 aromatic heterocycles. The minimum atomic E-state index is -0.0685. The second-order valence-electron chi connectivity index (χ2n) is 6.96. The Balaban J connectivity index is 1.66. The minimum absolute atomic E-state index is 0.0140. The Hall–Kier alpha value is -3.28. The predicted octanol–water partition coefficient (Wildman–Crippen LogP) is 3.69. The highest BCUT2D eigenvalue weighted by molar-refractivity contribution is 5.95. The molecular formula is C21H19N3O3. The molecule has 3 aromatic rings. The zero-order valence-corrected chi connectivity index (χ0v) is 15.2. The fourth-order valence-corrected chi connectivity index (χ4v) is 3.94. The van der Waals surface area contributed by atoms with Crippen LogP contribution in [-0.2, 0) is 4.79 Å². The van der Waals surface area contributed by atoms with Gasteiger partial charge in [-0.25, -0.2) is 4.68 Å². The first-order valence-corrected chi connectivity index (χ1v) is 8.97. The Kier molecular flexibility index (Phi) is 3.47. The molecule has 2 aromatic carbocycles. The molecule has 6 nitrogen and oxygen atoms in total. The van der Waals surface area contributed by atoms with Gasteiger partial charge in [-0.1, -0.05) is 24.3 Å². The molecule has 0 aliphatic carbocycles. The molecule has 0 fully saturated rings. The molecule has 2 aliphatic rings. The Labute approximate surface area is 156 Å². The summed E-state index contributed by atoms with van der Waals surface area (Å²) in [7, 11) is 0. The van der Waals surface area contributed by atoms with Gasteiger partial charge in [0.15, 0.2) is 11.5 Å². The van der Waals surface area contributed by atoms with Gasteiger partial charge in [0, 0.05) is 17.9 Å². The van der Waals surface area contributed by atoms with Gasteiger partial charge in [0.1, 0.15) is 5.82 Å². The molecule has 5 rings (SSSR count). The second-order valence-corrected chi connectivity index (χ2v) is 6.96. The van der Waals surface area contributed by atoms with Crippen molar-refractivity contribution in [3.8, 4) is 17.2 Å². The van der Waals surface area contributed by atoms with Gasteiger partial charge >= 0.3 is 0 Å². The molecular weight excluding hydrogens is 342 g/mol.